The van der Waals surface area contributed by atoms with Crippen LogP contribution in [0.25, 0.3) is 0 Å². The lowest BCUT2D eigenvalue weighted by Gasteiger charge is -2.26. The summed E-state index contributed by atoms with van der Waals surface area (Å²) in [5.41, 5.74) is 2.69. The number of aromatic nitrogens is 1. The molecular weight excluding hydrogens is 264 g/mol. The molecule has 0 aromatic carbocycles. The van der Waals surface area contributed by atoms with Gasteiger partial charge in [-0.15, -0.1) is 0 Å². The van der Waals surface area contributed by atoms with Crippen molar-refractivity contribution in [3.8, 4) is 0 Å². The monoisotopic (exact) mass is 282 g/mol. The number of anilines is 1. The van der Waals surface area contributed by atoms with E-state index in [0.717, 1.165) is 6.54 Å². The average molecular weight is 283 g/mol. The predicted molar refractivity (Wildman–Crippen MR) is 76.0 cm³/mol. The first kappa shape index (κ1) is 14.1. The number of carbonyl (C=O) groups excluding carboxylic acids is 1. The zero-order valence-electron chi connectivity index (χ0n) is 11.2. The van der Waals surface area contributed by atoms with Gasteiger partial charge >= 0.3 is 0 Å². The van der Waals surface area contributed by atoms with E-state index in [9.17, 15) is 4.79 Å². The molecule has 0 unspecified atom stereocenters. The molecule has 5 nitrogen and oxygen atoms in total. The molecule has 2 rings (SSSR count). The topological polar surface area (TPSA) is 71.2 Å². The van der Waals surface area contributed by atoms with Gasteiger partial charge in [-0.05, 0) is 44.7 Å². The van der Waals surface area contributed by atoms with Gasteiger partial charge in [0.15, 0.2) is 0 Å². The fourth-order valence-electron chi connectivity index (χ4n) is 1.92. The highest BCUT2D eigenvalue weighted by Gasteiger charge is 2.30. The summed E-state index contributed by atoms with van der Waals surface area (Å²) >= 11 is 6.07. The van der Waals surface area contributed by atoms with Crippen molar-refractivity contribution in [2.75, 3.05) is 12.0 Å². The Hall–Kier alpha value is -1.33. The minimum Gasteiger partial charge on any atom is -0.335 e. The minimum atomic E-state index is -0.135. The Morgan fingerprint density at radius 1 is 1.58 bits per heavy atom. The molecule has 104 valence electrons. The van der Waals surface area contributed by atoms with Crippen LogP contribution >= 0.6 is 11.6 Å². The van der Waals surface area contributed by atoms with Gasteiger partial charge in [0, 0.05) is 12.6 Å². The SMILES string of the molecule is CC(C)N(CC1CC1)C(=O)c1nc(NN)ccc1Cl. The second-order valence-electron chi connectivity index (χ2n) is 5.17. The summed E-state index contributed by atoms with van der Waals surface area (Å²) in [6.45, 7) is 4.77. The molecule has 0 aliphatic heterocycles. The Kier molecular flexibility index (Phi) is 4.27. The van der Waals surface area contributed by atoms with E-state index in [1.165, 1.54) is 12.8 Å². The lowest BCUT2D eigenvalue weighted by atomic mass is 10.2. The number of amides is 1. The van der Waals surface area contributed by atoms with Crippen LogP contribution in [0.5, 0.6) is 0 Å². The van der Waals surface area contributed by atoms with Crippen molar-refractivity contribution in [2.24, 2.45) is 11.8 Å². The number of nitrogens with zero attached hydrogens (tertiary/aromatic N) is 2. The molecule has 0 bridgehead atoms. The first-order valence-electron chi connectivity index (χ1n) is 6.47. The quantitative estimate of drug-likeness (QED) is 0.642. The Morgan fingerprint density at radius 2 is 2.26 bits per heavy atom. The number of nitrogens with two attached hydrogens (primary N) is 1. The van der Waals surface area contributed by atoms with Crippen LogP contribution < -0.4 is 11.3 Å². The molecule has 1 saturated carbocycles. The molecule has 1 fully saturated rings. The van der Waals surface area contributed by atoms with Crippen molar-refractivity contribution in [3.63, 3.8) is 0 Å². The molecule has 0 radical (unpaired) electrons. The number of hydrazine groups is 1. The number of nitrogens with one attached hydrogen (secondary N) is 1. The van der Waals surface area contributed by atoms with Gasteiger partial charge < -0.3 is 10.3 Å². The molecule has 0 saturated heterocycles. The second kappa shape index (κ2) is 5.75. The maximum Gasteiger partial charge on any atom is 0.274 e. The van der Waals surface area contributed by atoms with E-state index >= 15 is 0 Å². The smallest absolute Gasteiger partial charge is 0.274 e. The number of carbonyl (C=O) groups is 1. The molecule has 1 aliphatic carbocycles. The number of rotatable bonds is 5. The van der Waals surface area contributed by atoms with Gasteiger partial charge in [-0.1, -0.05) is 11.6 Å². The third kappa shape index (κ3) is 3.36. The second-order valence-corrected chi connectivity index (χ2v) is 5.57. The Labute approximate surface area is 118 Å². The van der Waals surface area contributed by atoms with Crippen LogP contribution in [0.3, 0.4) is 0 Å². The molecule has 1 aromatic heterocycles. The van der Waals surface area contributed by atoms with E-state index in [1.54, 1.807) is 12.1 Å². The zero-order chi connectivity index (χ0) is 14.0. The van der Waals surface area contributed by atoms with Gasteiger partial charge in [-0.2, -0.15) is 0 Å². The van der Waals surface area contributed by atoms with E-state index in [4.69, 9.17) is 17.4 Å². The molecule has 3 N–H and O–H groups in total. The fourth-order valence-corrected chi connectivity index (χ4v) is 2.10. The summed E-state index contributed by atoms with van der Waals surface area (Å²) in [5.74, 6) is 6.24. The lowest BCUT2D eigenvalue weighted by Crippen LogP contribution is -2.39. The van der Waals surface area contributed by atoms with Gasteiger partial charge in [-0.25, -0.2) is 10.8 Å². The third-order valence-electron chi connectivity index (χ3n) is 3.23. The molecule has 1 aromatic rings. The highest BCUT2D eigenvalue weighted by Crippen LogP contribution is 2.31. The number of hydrogen-bond donors (Lipinski definition) is 2. The fraction of sp³-hybridized carbons (Fsp3) is 0.538. The van der Waals surface area contributed by atoms with Gasteiger partial charge in [0.2, 0.25) is 0 Å². The standard InChI is InChI=1S/C13H19ClN4O/c1-8(2)18(7-9-3-4-9)13(19)12-10(14)5-6-11(16-12)17-15/h5-6,8-9H,3-4,7,15H2,1-2H3,(H,16,17). The van der Waals surface area contributed by atoms with E-state index in [0.29, 0.717) is 16.8 Å². The van der Waals surface area contributed by atoms with Crippen LogP contribution in [0, 0.1) is 5.92 Å². The largest absolute Gasteiger partial charge is 0.335 e. The van der Waals surface area contributed by atoms with Gasteiger partial charge in [0.05, 0.1) is 5.02 Å². The van der Waals surface area contributed by atoms with Crippen molar-refractivity contribution in [2.45, 2.75) is 32.7 Å². The predicted octanol–water partition coefficient (Wildman–Crippen LogP) is 2.28. The number of pyridine rings is 1. The van der Waals surface area contributed by atoms with Crippen LogP contribution in [-0.4, -0.2) is 28.4 Å². The maximum atomic E-state index is 12.5. The molecule has 1 amide bonds. The third-order valence-corrected chi connectivity index (χ3v) is 3.54. The Balaban J connectivity index is 2.24. The summed E-state index contributed by atoms with van der Waals surface area (Å²) in [6, 6.07) is 3.40. The van der Waals surface area contributed by atoms with Crippen LogP contribution in [-0.2, 0) is 0 Å². The highest BCUT2D eigenvalue weighted by molar-refractivity contribution is 6.33. The van der Waals surface area contributed by atoms with Crippen LogP contribution in [0.2, 0.25) is 5.02 Å². The summed E-state index contributed by atoms with van der Waals surface area (Å²) in [5, 5.41) is 0.352. The number of hydrogen-bond acceptors (Lipinski definition) is 4. The summed E-state index contributed by atoms with van der Waals surface area (Å²) in [7, 11) is 0. The lowest BCUT2D eigenvalue weighted by molar-refractivity contribution is 0.0690. The molecule has 1 heterocycles. The maximum absolute atomic E-state index is 12.5. The molecule has 1 aliphatic rings. The van der Waals surface area contributed by atoms with Crippen molar-refractivity contribution in [1.29, 1.82) is 0 Å². The highest BCUT2D eigenvalue weighted by atomic mass is 35.5. The number of halogens is 1. The number of nitrogen functional groups attached to an aromatic ring is 1. The normalized spacial score (nSPS) is 14.6. The Morgan fingerprint density at radius 3 is 2.79 bits per heavy atom. The van der Waals surface area contributed by atoms with Crippen LogP contribution in [0.1, 0.15) is 37.2 Å². The van der Waals surface area contributed by atoms with Crippen molar-refractivity contribution in [3.05, 3.63) is 22.8 Å². The minimum absolute atomic E-state index is 0.125. The van der Waals surface area contributed by atoms with Crippen molar-refractivity contribution in [1.82, 2.24) is 9.88 Å². The first-order chi connectivity index (χ1) is 9.02. The van der Waals surface area contributed by atoms with Crippen LogP contribution in [0.4, 0.5) is 5.82 Å². The van der Waals surface area contributed by atoms with Gasteiger partial charge in [0.25, 0.3) is 5.91 Å². The molecule has 6 heteroatoms. The molecule has 19 heavy (non-hydrogen) atoms. The average Bonchev–Trinajstić information content (AvgIpc) is 3.19. The summed E-state index contributed by atoms with van der Waals surface area (Å²) < 4.78 is 0. The van der Waals surface area contributed by atoms with E-state index in [2.05, 4.69) is 10.4 Å². The molecular formula is C13H19ClN4O. The van der Waals surface area contributed by atoms with Gasteiger partial charge in [-0.3, -0.25) is 4.79 Å². The molecule has 0 spiro atoms. The summed E-state index contributed by atoms with van der Waals surface area (Å²) in [4.78, 5) is 18.5. The van der Waals surface area contributed by atoms with E-state index in [-0.39, 0.29) is 17.6 Å². The van der Waals surface area contributed by atoms with Gasteiger partial charge in [0.1, 0.15) is 11.5 Å². The van der Waals surface area contributed by atoms with Crippen molar-refractivity contribution >= 4 is 23.3 Å². The van der Waals surface area contributed by atoms with E-state index < -0.39 is 0 Å². The van der Waals surface area contributed by atoms with Crippen molar-refractivity contribution < 1.29 is 4.79 Å². The molecule has 0 atom stereocenters. The first-order valence-corrected chi connectivity index (χ1v) is 6.85. The summed E-state index contributed by atoms with van der Waals surface area (Å²) in [6.07, 6.45) is 2.39. The van der Waals surface area contributed by atoms with Crippen LogP contribution in [0.15, 0.2) is 12.1 Å². The zero-order valence-corrected chi connectivity index (χ0v) is 11.9. The Bertz CT molecular complexity index is 474. The van der Waals surface area contributed by atoms with E-state index in [1.807, 2.05) is 18.7 Å².